The molecule has 0 radical (unpaired) electrons. The van der Waals surface area contributed by atoms with Crippen LogP contribution in [0.1, 0.15) is 31.9 Å². The van der Waals surface area contributed by atoms with Gasteiger partial charge in [-0.2, -0.15) is 0 Å². The summed E-state index contributed by atoms with van der Waals surface area (Å²) in [5, 5.41) is 2.63. The number of ether oxygens (including phenoxy) is 3. The van der Waals surface area contributed by atoms with Gasteiger partial charge < -0.3 is 28.9 Å². The fourth-order valence-corrected chi connectivity index (χ4v) is 5.53. The third kappa shape index (κ3) is 5.83. The quantitative estimate of drug-likeness (QED) is 0.375. The number of piperazine rings is 1. The Balaban J connectivity index is 1.60. The van der Waals surface area contributed by atoms with E-state index in [2.05, 4.69) is 0 Å². The summed E-state index contributed by atoms with van der Waals surface area (Å²) in [6.07, 6.45) is 0.157. The lowest BCUT2D eigenvalue weighted by atomic mass is 9.93. The molecular formula is C26H32N4O6S. The molecule has 0 N–H and O–H groups in total. The van der Waals surface area contributed by atoms with E-state index < -0.39 is 12.0 Å². The number of allylic oxidation sites excluding steroid dienone is 1. The first kappa shape index (κ1) is 26.7. The standard InChI is InChI=1S/C26H32N4O6S/c1-17-23(25(33)36-14-13-34-3)24(19-5-7-21(35-4)8-6-19)30-20(16-37-26(30)27-17)15-22(32)29-11-9-28(10-12-29)18(2)31/h5-8,16,24H,9-15H2,1-4H3. The van der Waals surface area contributed by atoms with Gasteiger partial charge >= 0.3 is 5.97 Å². The second kappa shape index (κ2) is 11.8. The van der Waals surface area contributed by atoms with Crippen molar-refractivity contribution in [1.29, 1.82) is 0 Å². The van der Waals surface area contributed by atoms with Crippen LogP contribution in [0.25, 0.3) is 0 Å². The normalized spacial score (nSPS) is 19.4. The second-order valence-corrected chi connectivity index (χ2v) is 9.70. The minimum Gasteiger partial charge on any atom is -0.497 e. The maximum absolute atomic E-state index is 13.3. The van der Waals surface area contributed by atoms with Crippen molar-refractivity contribution in [3.8, 4) is 5.75 Å². The first-order chi connectivity index (χ1) is 17.8. The Bertz CT molecular complexity index is 1140. The van der Waals surface area contributed by atoms with E-state index in [1.807, 2.05) is 34.6 Å². The SMILES string of the molecule is COCCOC(=O)C1=C(C)N=C2SC=C(CC(=O)N3CCN(C(C)=O)CC3)N2C1c1ccc(OC)cc1. The van der Waals surface area contributed by atoms with Gasteiger partial charge in [0.05, 0.1) is 37.4 Å². The van der Waals surface area contributed by atoms with Crippen molar-refractivity contribution in [2.45, 2.75) is 26.3 Å². The van der Waals surface area contributed by atoms with Gasteiger partial charge in [0.25, 0.3) is 0 Å². The van der Waals surface area contributed by atoms with Crippen LogP contribution in [0.5, 0.6) is 5.75 Å². The molecule has 1 aromatic rings. The maximum Gasteiger partial charge on any atom is 0.338 e. The first-order valence-corrected chi connectivity index (χ1v) is 13.0. The zero-order valence-corrected chi connectivity index (χ0v) is 22.4. The topological polar surface area (TPSA) is 101 Å². The molecule has 198 valence electrons. The molecule has 37 heavy (non-hydrogen) atoms. The molecule has 10 nitrogen and oxygen atoms in total. The molecule has 0 spiro atoms. The molecule has 0 aromatic heterocycles. The number of hydrogen-bond acceptors (Lipinski definition) is 9. The summed E-state index contributed by atoms with van der Waals surface area (Å²) in [6.45, 7) is 5.80. The van der Waals surface area contributed by atoms with Gasteiger partial charge in [-0.05, 0) is 30.0 Å². The number of carbonyl (C=O) groups is 3. The van der Waals surface area contributed by atoms with Gasteiger partial charge in [-0.1, -0.05) is 23.9 Å². The van der Waals surface area contributed by atoms with E-state index in [0.717, 1.165) is 11.3 Å². The van der Waals surface area contributed by atoms with Crippen molar-refractivity contribution in [3.05, 3.63) is 52.2 Å². The van der Waals surface area contributed by atoms with Crippen molar-refractivity contribution in [2.24, 2.45) is 4.99 Å². The van der Waals surface area contributed by atoms with E-state index in [1.165, 1.54) is 11.8 Å². The summed E-state index contributed by atoms with van der Waals surface area (Å²) in [5.74, 6) is 0.219. The number of thioether (sulfide) groups is 1. The summed E-state index contributed by atoms with van der Waals surface area (Å²) >= 11 is 1.43. The number of nitrogens with zero attached hydrogens (tertiary/aromatic N) is 4. The molecule has 1 unspecified atom stereocenters. The molecule has 1 fully saturated rings. The molecule has 2 amide bonds. The van der Waals surface area contributed by atoms with Crippen LogP contribution in [0, 0.1) is 0 Å². The highest BCUT2D eigenvalue weighted by Crippen LogP contribution is 2.45. The average molecular weight is 529 g/mol. The van der Waals surface area contributed by atoms with Gasteiger partial charge in [-0.15, -0.1) is 0 Å². The molecule has 3 aliphatic heterocycles. The third-order valence-corrected chi connectivity index (χ3v) is 7.47. The van der Waals surface area contributed by atoms with Gasteiger partial charge in [0.15, 0.2) is 5.17 Å². The van der Waals surface area contributed by atoms with E-state index >= 15 is 0 Å². The van der Waals surface area contributed by atoms with Crippen LogP contribution in [-0.4, -0.2) is 91.3 Å². The van der Waals surface area contributed by atoms with Gasteiger partial charge in [-0.25, -0.2) is 9.79 Å². The zero-order valence-electron chi connectivity index (χ0n) is 21.6. The molecule has 4 rings (SSSR count). The highest BCUT2D eigenvalue weighted by atomic mass is 32.2. The predicted octanol–water partition coefficient (Wildman–Crippen LogP) is 2.54. The summed E-state index contributed by atoms with van der Waals surface area (Å²) in [4.78, 5) is 48.3. The fraction of sp³-hybridized carbons (Fsp3) is 0.462. The Labute approximate surface area is 220 Å². The average Bonchev–Trinajstić information content (AvgIpc) is 3.29. The van der Waals surface area contributed by atoms with E-state index in [1.54, 1.807) is 37.9 Å². The largest absolute Gasteiger partial charge is 0.497 e. The fourth-order valence-electron chi connectivity index (χ4n) is 4.57. The molecule has 3 aliphatic rings. The van der Waals surface area contributed by atoms with Gasteiger partial charge in [0.2, 0.25) is 11.8 Å². The van der Waals surface area contributed by atoms with Gasteiger partial charge in [-0.3, -0.25) is 9.59 Å². The Kier molecular flexibility index (Phi) is 8.55. The molecule has 1 aromatic carbocycles. The van der Waals surface area contributed by atoms with Crippen molar-refractivity contribution in [2.75, 3.05) is 53.6 Å². The minimum absolute atomic E-state index is 0.0191. The Hall–Kier alpha value is -3.31. The maximum atomic E-state index is 13.3. The van der Waals surface area contributed by atoms with Crippen LogP contribution >= 0.6 is 11.8 Å². The number of hydrogen-bond donors (Lipinski definition) is 0. The van der Waals surface area contributed by atoms with Gasteiger partial charge in [0.1, 0.15) is 12.4 Å². The highest BCUT2D eigenvalue weighted by Gasteiger charge is 2.41. The molecule has 0 bridgehead atoms. The molecule has 3 heterocycles. The number of fused-ring (bicyclic) bond motifs is 1. The van der Waals surface area contributed by atoms with Gasteiger partial charge in [0, 0.05) is 45.9 Å². The van der Waals surface area contributed by atoms with Crippen LogP contribution in [0.2, 0.25) is 0 Å². The first-order valence-electron chi connectivity index (χ1n) is 12.1. The molecule has 1 atom stereocenters. The van der Waals surface area contributed by atoms with Crippen molar-refractivity contribution < 1.29 is 28.6 Å². The molecule has 0 saturated carbocycles. The zero-order chi connectivity index (χ0) is 26.5. The van der Waals surface area contributed by atoms with Crippen LogP contribution in [-0.2, 0) is 23.9 Å². The van der Waals surface area contributed by atoms with E-state index in [4.69, 9.17) is 19.2 Å². The van der Waals surface area contributed by atoms with Crippen molar-refractivity contribution in [3.63, 3.8) is 0 Å². The monoisotopic (exact) mass is 528 g/mol. The number of carbonyl (C=O) groups excluding carboxylic acids is 3. The predicted molar refractivity (Wildman–Crippen MR) is 140 cm³/mol. The summed E-state index contributed by atoms with van der Waals surface area (Å²) in [6, 6.07) is 6.99. The molecule has 11 heteroatoms. The summed E-state index contributed by atoms with van der Waals surface area (Å²) in [5.41, 5.74) is 2.60. The second-order valence-electron chi connectivity index (χ2n) is 8.86. The summed E-state index contributed by atoms with van der Waals surface area (Å²) < 4.78 is 15.9. The Morgan fingerprint density at radius 3 is 2.32 bits per heavy atom. The number of amides is 2. The lowest BCUT2D eigenvalue weighted by molar-refractivity contribution is -0.141. The van der Waals surface area contributed by atoms with Crippen LogP contribution in [0.4, 0.5) is 0 Å². The Morgan fingerprint density at radius 2 is 1.70 bits per heavy atom. The molecule has 1 saturated heterocycles. The van der Waals surface area contributed by atoms with Crippen LogP contribution in [0.15, 0.2) is 51.6 Å². The number of amidine groups is 1. The highest BCUT2D eigenvalue weighted by molar-refractivity contribution is 8.16. The lowest BCUT2D eigenvalue weighted by Crippen LogP contribution is -2.50. The van der Waals surface area contributed by atoms with Crippen LogP contribution in [0.3, 0.4) is 0 Å². The molecular weight excluding hydrogens is 496 g/mol. The number of methoxy groups -OCH3 is 2. The number of benzene rings is 1. The summed E-state index contributed by atoms with van der Waals surface area (Å²) in [7, 11) is 3.15. The van der Waals surface area contributed by atoms with Crippen molar-refractivity contribution in [1.82, 2.24) is 14.7 Å². The van der Waals surface area contributed by atoms with E-state index in [9.17, 15) is 14.4 Å². The molecule has 0 aliphatic carbocycles. The lowest BCUT2D eigenvalue weighted by Gasteiger charge is -2.37. The number of aliphatic imine (C=N–C) groups is 1. The van der Waals surface area contributed by atoms with E-state index in [0.29, 0.717) is 48.4 Å². The third-order valence-electron chi connectivity index (χ3n) is 6.58. The minimum atomic E-state index is -0.517. The number of esters is 1. The van der Waals surface area contributed by atoms with Crippen LogP contribution < -0.4 is 4.74 Å². The van der Waals surface area contributed by atoms with Crippen molar-refractivity contribution >= 4 is 34.7 Å². The van der Waals surface area contributed by atoms with E-state index in [-0.39, 0.29) is 31.4 Å². The Morgan fingerprint density at radius 1 is 1.03 bits per heavy atom. The number of rotatable bonds is 8. The smallest absolute Gasteiger partial charge is 0.338 e.